The van der Waals surface area contributed by atoms with Crippen molar-refractivity contribution in [3.63, 3.8) is 0 Å². The van der Waals surface area contributed by atoms with Crippen LogP contribution in [0.25, 0.3) is 0 Å². The first kappa shape index (κ1) is 17.7. The molecule has 1 saturated heterocycles. The van der Waals surface area contributed by atoms with Crippen LogP contribution < -0.4 is 0 Å². The van der Waals surface area contributed by atoms with Crippen molar-refractivity contribution < 1.29 is 19.2 Å². The Hall–Kier alpha value is -2.60. The normalized spacial score (nSPS) is 19.6. The van der Waals surface area contributed by atoms with Gasteiger partial charge in [0.25, 0.3) is 5.69 Å². The van der Waals surface area contributed by atoms with Gasteiger partial charge in [0.1, 0.15) is 12.6 Å². The van der Waals surface area contributed by atoms with Crippen LogP contribution in [0.1, 0.15) is 18.9 Å². The van der Waals surface area contributed by atoms with Gasteiger partial charge in [0.05, 0.1) is 11.0 Å². The van der Waals surface area contributed by atoms with Crippen LogP contribution in [0.15, 0.2) is 24.3 Å². The summed E-state index contributed by atoms with van der Waals surface area (Å²) in [6, 6.07) is 7.09. The third-order valence-corrected chi connectivity index (χ3v) is 4.50. The quantitative estimate of drug-likeness (QED) is 0.606. The van der Waals surface area contributed by atoms with Crippen LogP contribution in [0.5, 0.6) is 0 Å². The predicted molar refractivity (Wildman–Crippen MR) is 86.1 cm³/mol. The lowest BCUT2D eigenvalue weighted by Crippen LogP contribution is -2.35. The molecule has 8 nitrogen and oxygen atoms in total. The molecule has 0 unspecified atom stereocenters. The third kappa shape index (κ3) is 4.45. The van der Waals surface area contributed by atoms with Crippen LogP contribution >= 0.6 is 11.8 Å². The van der Waals surface area contributed by atoms with Crippen LogP contribution in [0.2, 0.25) is 0 Å². The van der Waals surface area contributed by atoms with Gasteiger partial charge in [-0.25, -0.2) is 4.79 Å². The van der Waals surface area contributed by atoms with Gasteiger partial charge in [-0.15, -0.1) is 0 Å². The largest absolute Gasteiger partial charge is 0.445 e. The molecule has 0 spiro atoms. The van der Waals surface area contributed by atoms with Crippen molar-refractivity contribution in [2.75, 3.05) is 6.54 Å². The van der Waals surface area contributed by atoms with Gasteiger partial charge >= 0.3 is 6.09 Å². The number of likely N-dealkylation sites (tertiary alicyclic amines) is 1. The number of carbonyl (C=O) groups is 2. The van der Waals surface area contributed by atoms with Gasteiger partial charge in [-0.2, -0.15) is 5.26 Å². The number of carbonyl (C=O) groups excluding carboxylic acids is 2. The molecule has 0 aliphatic carbocycles. The number of ether oxygens (including phenoxy) is 1. The number of nitrogens with zero attached hydrogens (tertiary/aromatic N) is 3. The molecule has 2 atom stereocenters. The van der Waals surface area contributed by atoms with Crippen LogP contribution in [-0.4, -0.2) is 38.9 Å². The molecule has 24 heavy (non-hydrogen) atoms. The van der Waals surface area contributed by atoms with Crippen LogP contribution in [-0.2, 0) is 16.1 Å². The molecule has 0 N–H and O–H groups in total. The van der Waals surface area contributed by atoms with Gasteiger partial charge in [0.2, 0.25) is 0 Å². The van der Waals surface area contributed by atoms with Crippen molar-refractivity contribution in [2.24, 2.45) is 0 Å². The second kappa shape index (κ2) is 7.79. The summed E-state index contributed by atoms with van der Waals surface area (Å²) in [5.74, 6) is 0. The molecule has 9 heteroatoms. The fraction of sp³-hybridized carbons (Fsp3) is 0.400. The molecule has 1 aromatic carbocycles. The van der Waals surface area contributed by atoms with E-state index in [-0.39, 0.29) is 29.2 Å². The maximum Gasteiger partial charge on any atom is 0.411 e. The number of nitro groups is 1. The molecule has 1 aliphatic rings. The van der Waals surface area contributed by atoms with Gasteiger partial charge in [-0.3, -0.25) is 19.8 Å². The van der Waals surface area contributed by atoms with E-state index >= 15 is 0 Å². The highest BCUT2D eigenvalue weighted by Crippen LogP contribution is 2.28. The van der Waals surface area contributed by atoms with Crippen LogP contribution in [0.4, 0.5) is 10.5 Å². The van der Waals surface area contributed by atoms with Crippen molar-refractivity contribution >= 4 is 28.7 Å². The van der Waals surface area contributed by atoms with E-state index in [0.29, 0.717) is 12.0 Å². The third-order valence-electron chi connectivity index (χ3n) is 3.49. The Morgan fingerprint density at radius 1 is 1.46 bits per heavy atom. The molecular weight excluding hydrogens is 334 g/mol. The number of benzene rings is 1. The Morgan fingerprint density at radius 3 is 2.67 bits per heavy atom. The topological polar surface area (TPSA) is 114 Å². The number of hydrogen-bond donors (Lipinski definition) is 0. The van der Waals surface area contributed by atoms with E-state index < -0.39 is 17.1 Å². The van der Waals surface area contributed by atoms with Crippen molar-refractivity contribution in [1.29, 1.82) is 5.26 Å². The Labute approximate surface area is 142 Å². The summed E-state index contributed by atoms with van der Waals surface area (Å²) < 4.78 is 5.17. The zero-order chi connectivity index (χ0) is 17.7. The Kier molecular flexibility index (Phi) is 5.76. The average Bonchev–Trinajstić information content (AvgIpc) is 2.95. The lowest BCUT2D eigenvalue weighted by atomic mass is 10.2. The summed E-state index contributed by atoms with van der Waals surface area (Å²) in [5, 5.41) is 19.6. The van der Waals surface area contributed by atoms with Crippen LogP contribution in [0, 0.1) is 21.4 Å². The summed E-state index contributed by atoms with van der Waals surface area (Å²) in [4.78, 5) is 34.7. The smallest absolute Gasteiger partial charge is 0.411 e. The number of hydrogen-bond acceptors (Lipinski definition) is 7. The van der Waals surface area contributed by atoms with Crippen molar-refractivity contribution in [1.82, 2.24) is 4.90 Å². The van der Waals surface area contributed by atoms with E-state index in [0.717, 1.165) is 11.8 Å². The molecule has 0 aromatic heterocycles. The zero-order valence-corrected chi connectivity index (χ0v) is 13.7. The Balaban J connectivity index is 1.92. The van der Waals surface area contributed by atoms with E-state index in [1.54, 1.807) is 0 Å². The lowest BCUT2D eigenvalue weighted by Gasteiger charge is -2.19. The standard InChI is InChI=1S/C15H15N3O5S/c1-10(19)24-14-6-13(7-16)17(8-14)15(20)23-9-11-2-4-12(5-3-11)18(21)22/h2-5,13-14H,6,8-9H2,1H3/t13-,14-/m0/s1. The number of non-ortho nitro benzene ring substituents is 1. The van der Waals surface area contributed by atoms with Crippen LogP contribution in [0.3, 0.4) is 0 Å². The Morgan fingerprint density at radius 2 is 2.12 bits per heavy atom. The van der Waals surface area contributed by atoms with Gasteiger partial charge in [-0.1, -0.05) is 11.8 Å². The SMILES string of the molecule is CC(=O)S[C@H]1C[C@@H](C#N)N(C(=O)OCc2ccc([N+](=O)[O-])cc2)C1. The monoisotopic (exact) mass is 349 g/mol. The summed E-state index contributed by atoms with van der Waals surface area (Å²) in [6.07, 6.45) is -0.209. The zero-order valence-electron chi connectivity index (χ0n) is 12.9. The number of rotatable bonds is 4. The minimum absolute atomic E-state index is 0.0433. The average molecular weight is 349 g/mol. The molecule has 1 aromatic rings. The highest BCUT2D eigenvalue weighted by molar-refractivity contribution is 8.14. The maximum atomic E-state index is 12.1. The molecule has 1 fully saturated rings. The minimum Gasteiger partial charge on any atom is -0.445 e. The van der Waals surface area contributed by atoms with Gasteiger partial charge in [0, 0.05) is 30.9 Å². The molecule has 0 saturated carbocycles. The lowest BCUT2D eigenvalue weighted by molar-refractivity contribution is -0.384. The van der Waals surface area contributed by atoms with Crippen molar-refractivity contribution in [3.8, 4) is 6.07 Å². The van der Waals surface area contributed by atoms with Gasteiger partial charge in [0.15, 0.2) is 5.12 Å². The molecule has 126 valence electrons. The summed E-state index contributed by atoms with van der Waals surface area (Å²) >= 11 is 1.12. The maximum absolute atomic E-state index is 12.1. The first-order valence-electron chi connectivity index (χ1n) is 7.14. The summed E-state index contributed by atoms with van der Waals surface area (Å²) in [6.45, 7) is 1.68. The highest BCUT2D eigenvalue weighted by atomic mass is 32.2. The van der Waals surface area contributed by atoms with Gasteiger partial charge < -0.3 is 4.74 Å². The first-order chi connectivity index (χ1) is 11.4. The van der Waals surface area contributed by atoms with Crippen molar-refractivity contribution in [2.45, 2.75) is 31.2 Å². The first-order valence-corrected chi connectivity index (χ1v) is 8.02. The number of thioether (sulfide) groups is 1. The second-order valence-electron chi connectivity index (χ2n) is 5.24. The Bertz CT molecular complexity index is 685. The van der Waals surface area contributed by atoms with E-state index in [2.05, 4.69) is 0 Å². The fourth-order valence-electron chi connectivity index (χ4n) is 2.38. The molecule has 0 radical (unpaired) electrons. The number of nitro benzene ring substituents is 1. The molecule has 1 amide bonds. The van der Waals surface area contributed by atoms with E-state index in [4.69, 9.17) is 10.00 Å². The fourth-order valence-corrected chi connectivity index (χ4v) is 3.37. The van der Waals surface area contributed by atoms with Gasteiger partial charge in [-0.05, 0) is 24.1 Å². The van der Waals surface area contributed by atoms with E-state index in [1.807, 2.05) is 6.07 Å². The molecule has 1 heterocycles. The van der Waals surface area contributed by atoms with E-state index in [1.165, 1.54) is 36.1 Å². The molecule has 0 bridgehead atoms. The highest BCUT2D eigenvalue weighted by Gasteiger charge is 2.37. The molecule has 2 rings (SSSR count). The molecular formula is C15H15N3O5S. The second-order valence-corrected chi connectivity index (χ2v) is 6.72. The van der Waals surface area contributed by atoms with Crippen molar-refractivity contribution in [3.05, 3.63) is 39.9 Å². The predicted octanol–water partition coefficient (Wildman–Crippen LogP) is 2.48. The number of nitriles is 1. The summed E-state index contributed by atoms with van der Waals surface area (Å²) in [7, 11) is 0. The minimum atomic E-state index is -0.633. The summed E-state index contributed by atoms with van der Waals surface area (Å²) in [5.41, 5.74) is 0.564. The molecule has 1 aliphatic heterocycles. The number of amides is 1. The van der Waals surface area contributed by atoms with E-state index in [9.17, 15) is 19.7 Å².